The molecule has 2 N–H and O–H groups in total. The van der Waals surface area contributed by atoms with Gasteiger partial charge in [-0.05, 0) is 61.7 Å². The van der Waals surface area contributed by atoms with Gasteiger partial charge in [-0.2, -0.15) is 0 Å². The van der Waals surface area contributed by atoms with Gasteiger partial charge in [-0.1, -0.05) is 19.3 Å². The van der Waals surface area contributed by atoms with Crippen LogP contribution in [-0.4, -0.2) is 49.4 Å². The summed E-state index contributed by atoms with van der Waals surface area (Å²) >= 11 is 1.73. The van der Waals surface area contributed by atoms with Gasteiger partial charge in [0.15, 0.2) is 0 Å². The van der Waals surface area contributed by atoms with Crippen LogP contribution in [0.3, 0.4) is 0 Å². The van der Waals surface area contributed by atoms with E-state index in [9.17, 15) is 0 Å². The quantitative estimate of drug-likeness (QED) is 0.698. The van der Waals surface area contributed by atoms with Crippen LogP contribution in [0.4, 0.5) is 5.82 Å². The second-order valence-corrected chi connectivity index (χ2v) is 8.30. The van der Waals surface area contributed by atoms with Gasteiger partial charge in [0.05, 0.1) is 13.2 Å². The number of hydrogen-bond acceptors (Lipinski definition) is 7. The number of morpholine rings is 1. The van der Waals surface area contributed by atoms with E-state index in [1.54, 1.807) is 24.3 Å². The van der Waals surface area contributed by atoms with Crippen molar-refractivity contribution >= 4 is 17.8 Å². The molecule has 0 atom stereocenters. The van der Waals surface area contributed by atoms with Crippen LogP contribution in [0.15, 0.2) is 47.8 Å². The minimum atomic E-state index is 0.674. The second kappa shape index (κ2) is 12.8. The molecule has 1 aliphatic carbocycles. The average Bonchev–Trinajstić information content (AvgIpc) is 2.81. The molecular weight excluding hydrogens is 382 g/mol. The summed E-state index contributed by atoms with van der Waals surface area (Å²) in [7, 11) is 1.93. The normalized spacial score (nSPS) is 17.5. The third-order valence-electron chi connectivity index (χ3n) is 5.13. The predicted molar refractivity (Wildman–Crippen MR) is 120 cm³/mol. The summed E-state index contributed by atoms with van der Waals surface area (Å²) in [5.41, 5.74) is 1.27. The zero-order valence-corrected chi connectivity index (χ0v) is 18.2. The maximum atomic E-state index is 5.37. The Morgan fingerprint density at radius 2 is 1.83 bits per heavy atom. The van der Waals surface area contributed by atoms with Gasteiger partial charge in [0.25, 0.3) is 0 Å². The Hall–Kier alpha value is -1.67. The third-order valence-corrected chi connectivity index (χ3v) is 6.06. The maximum Gasteiger partial charge on any atom is 0.128 e. The van der Waals surface area contributed by atoms with Crippen molar-refractivity contribution in [2.45, 2.75) is 49.6 Å². The number of hydrogen-bond donors (Lipinski definition) is 2. The van der Waals surface area contributed by atoms with E-state index in [2.05, 4.69) is 37.0 Å². The summed E-state index contributed by atoms with van der Waals surface area (Å²) in [6, 6.07) is 8.95. The summed E-state index contributed by atoms with van der Waals surface area (Å²) in [6.45, 7) is 4.42. The van der Waals surface area contributed by atoms with Crippen molar-refractivity contribution in [1.82, 2.24) is 20.0 Å². The van der Waals surface area contributed by atoms with Crippen molar-refractivity contribution in [2.24, 2.45) is 0 Å². The molecule has 2 aromatic heterocycles. The highest BCUT2D eigenvalue weighted by Crippen LogP contribution is 2.23. The van der Waals surface area contributed by atoms with Gasteiger partial charge in [-0.15, -0.1) is 0 Å². The van der Waals surface area contributed by atoms with Crippen LogP contribution in [0.25, 0.3) is 0 Å². The highest BCUT2D eigenvalue weighted by molar-refractivity contribution is 7.97. The average molecular weight is 416 g/mol. The number of aromatic nitrogens is 2. The topological polar surface area (TPSA) is 62.3 Å². The molecule has 1 saturated carbocycles. The number of anilines is 1. The molecule has 3 heterocycles. The Kier molecular flexibility index (Phi) is 9.72. The molecule has 0 radical (unpaired) electrons. The lowest BCUT2D eigenvalue weighted by Gasteiger charge is -2.27. The highest BCUT2D eigenvalue weighted by Gasteiger charge is 2.14. The standard InChI is InChI=1S/C15H23N3OS.C7H10N2/c1-2-4-13(5-3-1)17-20-14-6-7-15(16-12-14)18-8-10-19-11-9-18;1-8-6-7-2-4-9-5-3-7/h6-7,12-13,17H,1-5,8-11H2;2-5,8H,6H2,1H3. The summed E-state index contributed by atoms with van der Waals surface area (Å²) in [5, 5.41) is 3.06. The van der Waals surface area contributed by atoms with Crippen LogP contribution in [0.1, 0.15) is 37.7 Å². The van der Waals surface area contributed by atoms with Crippen molar-refractivity contribution in [1.29, 1.82) is 0 Å². The first kappa shape index (κ1) is 22.0. The molecule has 1 saturated heterocycles. The molecule has 0 aromatic carbocycles. The van der Waals surface area contributed by atoms with E-state index in [1.165, 1.54) is 42.6 Å². The van der Waals surface area contributed by atoms with Crippen molar-refractivity contribution in [3.63, 3.8) is 0 Å². The van der Waals surface area contributed by atoms with Gasteiger partial charge in [0, 0.05) is 49.2 Å². The Labute approximate surface area is 179 Å². The molecule has 0 unspecified atom stereocenters. The fourth-order valence-corrected chi connectivity index (χ4v) is 4.27. The number of ether oxygens (including phenoxy) is 1. The second-order valence-electron chi connectivity index (χ2n) is 7.39. The summed E-state index contributed by atoms with van der Waals surface area (Å²) in [4.78, 5) is 12.0. The van der Waals surface area contributed by atoms with Crippen LogP contribution in [-0.2, 0) is 11.3 Å². The van der Waals surface area contributed by atoms with E-state index in [0.717, 1.165) is 38.7 Å². The van der Waals surface area contributed by atoms with Gasteiger partial charge in [-0.3, -0.25) is 9.71 Å². The zero-order valence-electron chi connectivity index (χ0n) is 17.3. The van der Waals surface area contributed by atoms with Crippen LogP contribution >= 0.6 is 11.9 Å². The number of pyridine rings is 2. The van der Waals surface area contributed by atoms with Crippen molar-refractivity contribution in [3.8, 4) is 0 Å². The molecule has 2 aromatic rings. The Balaban J connectivity index is 0.000000224. The van der Waals surface area contributed by atoms with Gasteiger partial charge in [0.2, 0.25) is 0 Å². The molecule has 6 nitrogen and oxygen atoms in total. The van der Waals surface area contributed by atoms with E-state index < -0.39 is 0 Å². The zero-order chi connectivity index (χ0) is 20.2. The molecule has 0 bridgehead atoms. The smallest absolute Gasteiger partial charge is 0.128 e. The molecular formula is C22H33N5OS. The first-order valence-electron chi connectivity index (χ1n) is 10.6. The van der Waals surface area contributed by atoms with Gasteiger partial charge in [-0.25, -0.2) is 4.98 Å². The monoisotopic (exact) mass is 415 g/mol. The van der Waals surface area contributed by atoms with Gasteiger partial charge >= 0.3 is 0 Å². The number of nitrogens with one attached hydrogen (secondary N) is 2. The Morgan fingerprint density at radius 3 is 2.48 bits per heavy atom. The highest BCUT2D eigenvalue weighted by atomic mass is 32.2. The van der Waals surface area contributed by atoms with Crippen LogP contribution < -0.4 is 14.9 Å². The number of nitrogens with zero attached hydrogens (tertiary/aromatic N) is 3. The van der Waals surface area contributed by atoms with E-state index in [1.807, 2.05) is 25.4 Å². The Bertz CT molecular complexity index is 673. The molecule has 4 rings (SSSR count). The van der Waals surface area contributed by atoms with Crippen LogP contribution in [0.2, 0.25) is 0 Å². The van der Waals surface area contributed by atoms with Crippen molar-refractivity contribution in [2.75, 3.05) is 38.3 Å². The van der Waals surface area contributed by atoms with Crippen LogP contribution in [0, 0.1) is 0 Å². The third kappa shape index (κ3) is 7.93. The summed E-state index contributed by atoms with van der Waals surface area (Å²) < 4.78 is 8.95. The predicted octanol–water partition coefficient (Wildman–Crippen LogP) is 3.65. The lowest BCUT2D eigenvalue weighted by Crippen LogP contribution is -2.36. The van der Waals surface area contributed by atoms with E-state index in [-0.39, 0.29) is 0 Å². The maximum absolute atomic E-state index is 5.37. The molecule has 0 spiro atoms. The molecule has 29 heavy (non-hydrogen) atoms. The van der Waals surface area contributed by atoms with E-state index in [0.29, 0.717) is 6.04 Å². The molecule has 158 valence electrons. The fraction of sp³-hybridized carbons (Fsp3) is 0.545. The fourth-order valence-electron chi connectivity index (χ4n) is 3.49. The van der Waals surface area contributed by atoms with E-state index in [4.69, 9.17) is 4.74 Å². The minimum absolute atomic E-state index is 0.674. The Morgan fingerprint density at radius 1 is 1.07 bits per heavy atom. The first-order chi connectivity index (χ1) is 14.3. The van der Waals surface area contributed by atoms with E-state index >= 15 is 0 Å². The minimum Gasteiger partial charge on any atom is -0.378 e. The molecule has 1 aliphatic heterocycles. The van der Waals surface area contributed by atoms with Crippen LogP contribution in [0.5, 0.6) is 0 Å². The molecule has 0 amide bonds. The largest absolute Gasteiger partial charge is 0.378 e. The van der Waals surface area contributed by atoms with Crippen molar-refractivity contribution < 1.29 is 4.74 Å². The summed E-state index contributed by atoms with van der Waals surface area (Å²) in [5.74, 6) is 1.07. The SMILES string of the molecule is CNCc1ccncc1.c1cc(N2CCOCC2)ncc1SNC1CCCCC1. The molecule has 7 heteroatoms. The molecule has 2 fully saturated rings. The molecule has 2 aliphatic rings. The number of rotatable bonds is 6. The first-order valence-corrected chi connectivity index (χ1v) is 11.4. The van der Waals surface area contributed by atoms with Gasteiger partial charge in [0.1, 0.15) is 5.82 Å². The van der Waals surface area contributed by atoms with Crippen molar-refractivity contribution in [3.05, 3.63) is 48.4 Å². The summed E-state index contributed by atoms with van der Waals surface area (Å²) in [6.07, 6.45) is 12.3. The lowest BCUT2D eigenvalue weighted by atomic mass is 9.96. The lowest BCUT2D eigenvalue weighted by molar-refractivity contribution is 0.122. The van der Waals surface area contributed by atoms with Gasteiger partial charge < -0.3 is 15.0 Å².